The monoisotopic (exact) mass is 967 g/mol. The van der Waals surface area contributed by atoms with Crippen LogP contribution in [0.1, 0.15) is 5.56 Å². The van der Waals surface area contributed by atoms with Crippen molar-refractivity contribution in [2.45, 2.75) is 26.6 Å². The number of aromatic nitrogens is 1. The number of benzene rings is 11. The van der Waals surface area contributed by atoms with E-state index in [2.05, 4.69) is 265 Å². The highest BCUT2D eigenvalue weighted by atomic mass is 28.3. The zero-order valence-corrected chi connectivity index (χ0v) is 42.5. The SMILES string of the molecule is Cc1cccc2c1oc1c(N(c3ccccc3)c3ccc4c5cc6ccc(N(c7ccccc7)c7cccc8c7oc7c([Si](C)(C)C)cccc78)cc6cc5n5c6ccc(-c7ccccc7)cc6c3c45)cccc12. The van der Waals surface area contributed by atoms with Gasteiger partial charge in [0.15, 0.2) is 11.2 Å². The van der Waals surface area contributed by atoms with Crippen molar-refractivity contribution in [1.29, 1.82) is 0 Å². The summed E-state index contributed by atoms with van der Waals surface area (Å²) in [4.78, 5) is 4.78. The summed E-state index contributed by atoms with van der Waals surface area (Å²) in [7, 11) is -1.72. The highest BCUT2D eigenvalue weighted by Gasteiger charge is 2.28. The zero-order chi connectivity index (χ0) is 49.4. The first-order valence-corrected chi connectivity index (χ1v) is 29.1. The van der Waals surface area contributed by atoms with Crippen LogP contribution in [-0.2, 0) is 0 Å². The van der Waals surface area contributed by atoms with E-state index in [-0.39, 0.29) is 0 Å². The van der Waals surface area contributed by atoms with E-state index in [0.29, 0.717) is 0 Å². The Morgan fingerprint density at radius 1 is 0.365 bits per heavy atom. The van der Waals surface area contributed by atoms with Crippen LogP contribution in [0.2, 0.25) is 19.6 Å². The lowest BCUT2D eigenvalue weighted by molar-refractivity contribution is 0.666. The predicted molar refractivity (Wildman–Crippen MR) is 316 cm³/mol. The number of hydrogen-bond acceptors (Lipinski definition) is 4. The first-order valence-electron chi connectivity index (χ1n) is 25.6. The van der Waals surface area contributed by atoms with Crippen LogP contribution in [0.15, 0.2) is 233 Å². The fourth-order valence-electron chi connectivity index (χ4n) is 12.1. The van der Waals surface area contributed by atoms with Crippen LogP contribution in [0.3, 0.4) is 0 Å². The molecule has 0 radical (unpaired) electrons. The summed E-state index contributed by atoms with van der Waals surface area (Å²) in [5.41, 5.74) is 17.0. The lowest BCUT2D eigenvalue weighted by Crippen LogP contribution is -2.37. The summed E-state index contributed by atoms with van der Waals surface area (Å²) in [6.45, 7) is 9.30. The molecule has 15 rings (SSSR count). The van der Waals surface area contributed by atoms with Gasteiger partial charge in [-0.1, -0.05) is 165 Å². The minimum atomic E-state index is -1.72. The molecule has 0 aliphatic carbocycles. The molecular weight excluding hydrogens is 919 g/mol. The van der Waals surface area contributed by atoms with E-state index in [1.807, 2.05) is 0 Å². The fourth-order valence-corrected chi connectivity index (χ4v) is 13.6. The molecule has 4 heterocycles. The molecule has 0 N–H and O–H groups in total. The van der Waals surface area contributed by atoms with Gasteiger partial charge in [-0.2, -0.15) is 0 Å². The second-order valence-electron chi connectivity index (χ2n) is 20.9. The number of rotatable bonds is 8. The summed E-state index contributed by atoms with van der Waals surface area (Å²) in [6, 6.07) is 81.9. The molecule has 5 nitrogen and oxygen atoms in total. The second kappa shape index (κ2) is 15.9. The van der Waals surface area contributed by atoms with Crippen molar-refractivity contribution in [2.24, 2.45) is 0 Å². The lowest BCUT2D eigenvalue weighted by Gasteiger charge is -2.26. The largest absolute Gasteiger partial charge is 0.454 e. The van der Waals surface area contributed by atoms with E-state index in [4.69, 9.17) is 8.83 Å². The topological polar surface area (TPSA) is 37.2 Å². The average Bonchev–Trinajstić information content (AvgIpc) is 4.19. The average molecular weight is 968 g/mol. The number of hydrogen-bond donors (Lipinski definition) is 0. The van der Waals surface area contributed by atoms with Gasteiger partial charge < -0.3 is 23.0 Å². The number of nitrogens with zero attached hydrogens (tertiary/aromatic N) is 3. The van der Waals surface area contributed by atoms with Crippen LogP contribution >= 0.6 is 0 Å². The van der Waals surface area contributed by atoms with Crippen molar-refractivity contribution in [3.05, 3.63) is 230 Å². The Kier molecular flexibility index (Phi) is 9.17. The van der Waals surface area contributed by atoms with Crippen LogP contribution in [0, 0.1) is 6.92 Å². The lowest BCUT2D eigenvalue weighted by atomic mass is 9.99. The third-order valence-electron chi connectivity index (χ3n) is 15.5. The molecule has 74 heavy (non-hydrogen) atoms. The maximum atomic E-state index is 7.05. The van der Waals surface area contributed by atoms with E-state index < -0.39 is 8.07 Å². The molecule has 0 atom stereocenters. The Balaban J connectivity index is 0.990. The van der Waals surface area contributed by atoms with Crippen LogP contribution < -0.4 is 15.0 Å². The molecule has 352 valence electrons. The van der Waals surface area contributed by atoms with Crippen LogP contribution in [0.5, 0.6) is 0 Å². The van der Waals surface area contributed by atoms with Gasteiger partial charge in [0.1, 0.15) is 11.2 Å². The Morgan fingerprint density at radius 2 is 0.973 bits per heavy atom. The van der Waals surface area contributed by atoms with Gasteiger partial charge in [-0.15, -0.1) is 0 Å². The molecule has 15 aromatic rings. The maximum absolute atomic E-state index is 7.05. The molecule has 0 bridgehead atoms. The molecule has 0 aliphatic heterocycles. The van der Waals surface area contributed by atoms with E-state index >= 15 is 0 Å². The molecule has 4 aromatic heterocycles. The van der Waals surface area contributed by atoms with Crippen molar-refractivity contribution in [3.8, 4) is 11.1 Å². The molecule has 11 aromatic carbocycles. The second-order valence-corrected chi connectivity index (χ2v) is 26.0. The summed E-state index contributed by atoms with van der Waals surface area (Å²) in [5.74, 6) is 0. The van der Waals surface area contributed by atoms with E-state index in [0.717, 1.165) is 89.1 Å². The molecule has 0 amide bonds. The summed E-state index contributed by atoms with van der Waals surface area (Å²) in [6.07, 6.45) is 0. The summed E-state index contributed by atoms with van der Waals surface area (Å²) in [5, 5.41) is 13.0. The smallest absolute Gasteiger partial charge is 0.159 e. The standard InChI is InChI=1S/C68H49N3O2Si/c1-42-18-14-25-51-52-26-16-30-60(67(52)72-65(42)51)70(48-23-12-7-13-24-48)58-37-35-50-55-39-45-32-34-49(38-46(45)41-61(55)71-57-36-33-44(43-19-8-5-9-20-43)40-56(57)63(58)64(50)71)69(47-21-10-6-11-22-47)59-29-15-27-53-54-28-17-31-62(74(2,3)4)68(54)73-66(53)59/h5-41H,1-4H3. The third-order valence-corrected chi connectivity index (χ3v) is 17.5. The van der Waals surface area contributed by atoms with E-state index in [9.17, 15) is 0 Å². The molecule has 0 unspecified atom stereocenters. The number of para-hydroxylation sites is 6. The van der Waals surface area contributed by atoms with Gasteiger partial charge in [0.25, 0.3) is 0 Å². The minimum absolute atomic E-state index is 0.865. The number of furan rings is 2. The highest BCUT2D eigenvalue weighted by Crippen LogP contribution is 2.51. The van der Waals surface area contributed by atoms with Crippen molar-refractivity contribution >= 4 is 140 Å². The van der Waals surface area contributed by atoms with Crippen molar-refractivity contribution in [2.75, 3.05) is 9.80 Å². The van der Waals surface area contributed by atoms with Crippen LogP contribution in [-0.4, -0.2) is 12.5 Å². The Labute approximate surface area is 428 Å². The normalized spacial score (nSPS) is 12.3. The third kappa shape index (κ3) is 6.28. The van der Waals surface area contributed by atoms with Crippen molar-refractivity contribution < 1.29 is 8.83 Å². The summed E-state index contributed by atoms with van der Waals surface area (Å²) >= 11 is 0. The van der Waals surface area contributed by atoms with Gasteiger partial charge in [-0.05, 0) is 118 Å². The number of fused-ring (bicyclic) bond motifs is 13. The Bertz CT molecular complexity index is 4720. The predicted octanol–water partition coefficient (Wildman–Crippen LogP) is 19.2. The van der Waals surface area contributed by atoms with Gasteiger partial charge >= 0.3 is 0 Å². The van der Waals surface area contributed by atoms with Gasteiger partial charge in [0, 0.05) is 60.2 Å². The maximum Gasteiger partial charge on any atom is 0.159 e. The van der Waals surface area contributed by atoms with Crippen molar-refractivity contribution in [1.82, 2.24) is 4.40 Å². The summed E-state index contributed by atoms with van der Waals surface area (Å²) < 4.78 is 16.5. The number of anilines is 6. The molecule has 0 aliphatic rings. The number of aryl methyl sites for hydroxylation is 1. The van der Waals surface area contributed by atoms with Gasteiger partial charge in [0.2, 0.25) is 0 Å². The van der Waals surface area contributed by atoms with Gasteiger partial charge in [-0.3, -0.25) is 0 Å². The quantitative estimate of drug-likeness (QED) is 0.142. The van der Waals surface area contributed by atoms with Crippen LogP contribution in [0.4, 0.5) is 34.1 Å². The van der Waals surface area contributed by atoms with E-state index in [1.165, 1.54) is 59.7 Å². The fraction of sp³-hybridized carbons (Fsp3) is 0.0588. The Hall–Kier alpha value is -9.10. The Morgan fingerprint density at radius 3 is 1.68 bits per heavy atom. The molecule has 0 saturated heterocycles. The molecular formula is C68H49N3O2Si. The zero-order valence-electron chi connectivity index (χ0n) is 41.5. The molecule has 6 heteroatoms. The molecule has 0 saturated carbocycles. The van der Waals surface area contributed by atoms with Crippen LogP contribution in [0.25, 0.3) is 104 Å². The highest BCUT2D eigenvalue weighted by molar-refractivity contribution is 6.90. The van der Waals surface area contributed by atoms with Gasteiger partial charge in [0.05, 0.1) is 41.7 Å². The first-order chi connectivity index (χ1) is 36.3. The van der Waals surface area contributed by atoms with Crippen molar-refractivity contribution in [3.63, 3.8) is 0 Å². The molecule has 0 spiro atoms. The first kappa shape index (κ1) is 42.6. The van der Waals surface area contributed by atoms with Gasteiger partial charge in [-0.25, -0.2) is 0 Å². The minimum Gasteiger partial charge on any atom is -0.454 e. The molecule has 0 fully saturated rings. The van der Waals surface area contributed by atoms with E-state index in [1.54, 1.807) is 0 Å².